The fourth-order valence-electron chi connectivity index (χ4n) is 2.38. The van der Waals surface area contributed by atoms with Gasteiger partial charge in [0.1, 0.15) is 5.75 Å². The van der Waals surface area contributed by atoms with E-state index in [4.69, 9.17) is 4.74 Å². The largest absolute Gasteiger partial charge is 0.495 e. The van der Waals surface area contributed by atoms with Crippen LogP contribution >= 0.6 is 15.9 Å². The molecule has 0 aliphatic carbocycles. The Morgan fingerprint density at radius 1 is 0.880 bits per heavy atom. The fraction of sp³-hybridized carbons (Fsp3) is 0.0500. The number of hydrogen-bond donors (Lipinski definition) is 2. The van der Waals surface area contributed by atoms with Crippen LogP contribution in [0.3, 0.4) is 0 Å². The molecule has 3 aromatic rings. The molecule has 5 heteroatoms. The number of anilines is 3. The first-order valence-electron chi connectivity index (χ1n) is 7.73. The van der Waals surface area contributed by atoms with Crippen molar-refractivity contribution in [2.24, 2.45) is 0 Å². The highest BCUT2D eigenvalue weighted by molar-refractivity contribution is 9.10. The van der Waals surface area contributed by atoms with Crippen molar-refractivity contribution < 1.29 is 9.53 Å². The molecular formula is C20H17BrN2O2. The minimum atomic E-state index is -0.155. The number of hydrogen-bond acceptors (Lipinski definition) is 3. The first-order valence-corrected chi connectivity index (χ1v) is 8.52. The van der Waals surface area contributed by atoms with Crippen molar-refractivity contribution in [1.82, 2.24) is 0 Å². The molecular weight excluding hydrogens is 380 g/mol. The van der Waals surface area contributed by atoms with Crippen LogP contribution in [0.1, 0.15) is 10.4 Å². The standard InChI is InChI=1S/C20H17BrN2O2/c1-25-19-9-5-4-8-18(19)22-14-10-12-15(13-11-14)23-20(24)16-6-2-3-7-17(16)21/h2-13,22H,1H3,(H,23,24). The lowest BCUT2D eigenvalue weighted by Gasteiger charge is -2.12. The topological polar surface area (TPSA) is 50.4 Å². The average molecular weight is 397 g/mol. The van der Waals surface area contributed by atoms with E-state index >= 15 is 0 Å². The van der Waals surface area contributed by atoms with Crippen molar-refractivity contribution in [3.8, 4) is 5.75 Å². The number of amides is 1. The SMILES string of the molecule is COc1ccccc1Nc1ccc(NC(=O)c2ccccc2Br)cc1. The summed E-state index contributed by atoms with van der Waals surface area (Å²) in [6.07, 6.45) is 0. The van der Waals surface area contributed by atoms with Crippen LogP contribution in [0, 0.1) is 0 Å². The smallest absolute Gasteiger partial charge is 0.256 e. The normalized spacial score (nSPS) is 10.2. The summed E-state index contributed by atoms with van der Waals surface area (Å²) in [6, 6.07) is 22.5. The van der Waals surface area contributed by atoms with E-state index in [1.807, 2.05) is 66.7 Å². The Morgan fingerprint density at radius 3 is 2.24 bits per heavy atom. The number of rotatable bonds is 5. The van der Waals surface area contributed by atoms with E-state index in [-0.39, 0.29) is 5.91 Å². The summed E-state index contributed by atoms with van der Waals surface area (Å²) in [6.45, 7) is 0. The van der Waals surface area contributed by atoms with E-state index in [0.717, 1.165) is 27.3 Å². The number of carbonyl (C=O) groups is 1. The Morgan fingerprint density at radius 2 is 1.52 bits per heavy atom. The van der Waals surface area contributed by atoms with Crippen molar-refractivity contribution in [2.45, 2.75) is 0 Å². The molecule has 3 aromatic carbocycles. The maximum atomic E-state index is 12.3. The molecule has 0 atom stereocenters. The van der Waals surface area contributed by atoms with E-state index in [1.165, 1.54) is 0 Å². The van der Waals surface area contributed by atoms with Crippen LogP contribution in [0.25, 0.3) is 0 Å². The predicted octanol–water partition coefficient (Wildman–Crippen LogP) is 5.45. The van der Waals surface area contributed by atoms with E-state index in [9.17, 15) is 4.79 Å². The quantitative estimate of drug-likeness (QED) is 0.602. The third kappa shape index (κ3) is 4.19. The molecule has 1 amide bonds. The lowest BCUT2D eigenvalue weighted by Crippen LogP contribution is -2.12. The molecule has 0 aromatic heterocycles. The zero-order chi connectivity index (χ0) is 17.6. The zero-order valence-electron chi connectivity index (χ0n) is 13.6. The third-order valence-electron chi connectivity index (χ3n) is 3.65. The fourth-order valence-corrected chi connectivity index (χ4v) is 2.85. The molecule has 0 heterocycles. The van der Waals surface area contributed by atoms with Crippen molar-refractivity contribution in [1.29, 1.82) is 0 Å². The van der Waals surface area contributed by atoms with Crippen LogP contribution < -0.4 is 15.4 Å². The molecule has 126 valence electrons. The Labute approximate surface area is 155 Å². The number of benzene rings is 3. The van der Waals surface area contributed by atoms with E-state index in [0.29, 0.717) is 5.56 Å². The summed E-state index contributed by atoms with van der Waals surface area (Å²) in [4.78, 5) is 12.3. The summed E-state index contributed by atoms with van der Waals surface area (Å²) in [5.41, 5.74) is 3.11. The van der Waals surface area contributed by atoms with Gasteiger partial charge in [0.25, 0.3) is 5.91 Å². The van der Waals surface area contributed by atoms with Crippen LogP contribution in [0.2, 0.25) is 0 Å². The van der Waals surface area contributed by atoms with Crippen molar-refractivity contribution in [2.75, 3.05) is 17.7 Å². The molecule has 0 unspecified atom stereocenters. The van der Waals surface area contributed by atoms with Gasteiger partial charge >= 0.3 is 0 Å². The monoisotopic (exact) mass is 396 g/mol. The van der Waals surface area contributed by atoms with E-state index in [2.05, 4.69) is 26.6 Å². The summed E-state index contributed by atoms with van der Waals surface area (Å²) < 4.78 is 6.10. The number of carbonyl (C=O) groups excluding carboxylic acids is 1. The van der Waals surface area contributed by atoms with Crippen LogP contribution in [0.5, 0.6) is 5.75 Å². The minimum Gasteiger partial charge on any atom is -0.495 e. The highest BCUT2D eigenvalue weighted by Crippen LogP contribution is 2.27. The Balaban J connectivity index is 1.70. The molecule has 3 rings (SSSR count). The van der Waals surface area contributed by atoms with Crippen molar-refractivity contribution in [3.05, 3.63) is 82.8 Å². The van der Waals surface area contributed by atoms with Crippen LogP contribution in [0.4, 0.5) is 17.1 Å². The predicted molar refractivity (Wildman–Crippen MR) is 105 cm³/mol. The highest BCUT2D eigenvalue weighted by atomic mass is 79.9. The van der Waals surface area contributed by atoms with Crippen LogP contribution in [0.15, 0.2) is 77.3 Å². The lowest BCUT2D eigenvalue weighted by molar-refractivity contribution is 0.102. The summed E-state index contributed by atoms with van der Waals surface area (Å²) >= 11 is 3.39. The van der Waals surface area contributed by atoms with Gasteiger partial charge in [-0.15, -0.1) is 0 Å². The molecule has 0 fully saturated rings. The number of nitrogens with one attached hydrogen (secondary N) is 2. The molecule has 2 N–H and O–H groups in total. The maximum absolute atomic E-state index is 12.3. The Bertz CT molecular complexity index is 879. The van der Waals surface area contributed by atoms with Gasteiger partial charge in [0, 0.05) is 15.8 Å². The summed E-state index contributed by atoms with van der Waals surface area (Å²) in [7, 11) is 1.64. The van der Waals surface area contributed by atoms with Gasteiger partial charge in [0.2, 0.25) is 0 Å². The molecule has 0 aliphatic heterocycles. The van der Waals surface area contributed by atoms with Gasteiger partial charge in [-0.2, -0.15) is 0 Å². The molecule has 4 nitrogen and oxygen atoms in total. The van der Waals surface area contributed by atoms with Gasteiger partial charge in [-0.25, -0.2) is 0 Å². The van der Waals surface area contributed by atoms with E-state index in [1.54, 1.807) is 13.2 Å². The van der Waals surface area contributed by atoms with Gasteiger partial charge < -0.3 is 15.4 Å². The second kappa shape index (κ2) is 7.85. The summed E-state index contributed by atoms with van der Waals surface area (Å²) in [5, 5.41) is 6.19. The lowest BCUT2D eigenvalue weighted by atomic mass is 10.2. The van der Waals surface area contributed by atoms with Crippen molar-refractivity contribution in [3.63, 3.8) is 0 Å². The van der Waals surface area contributed by atoms with Gasteiger partial charge in [-0.05, 0) is 64.5 Å². The highest BCUT2D eigenvalue weighted by Gasteiger charge is 2.09. The number of ether oxygens (including phenoxy) is 1. The number of methoxy groups -OCH3 is 1. The molecule has 25 heavy (non-hydrogen) atoms. The molecule has 0 aliphatic rings. The molecule has 0 saturated carbocycles. The molecule has 0 spiro atoms. The van der Waals surface area contributed by atoms with Crippen LogP contribution in [-0.2, 0) is 0 Å². The van der Waals surface area contributed by atoms with Gasteiger partial charge in [0.05, 0.1) is 18.4 Å². The van der Waals surface area contributed by atoms with Gasteiger partial charge in [-0.3, -0.25) is 4.79 Å². The second-order valence-corrected chi connectivity index (χ2v) is 6.19. The Hall–Kier alpha value is -2.79. The summed E-state index contributed by atoms with van der Waals surface area (Å²) in [5.74, 6) is 0.617. The van der Waals surface area contributed by atoms with E-state index < -0.39 is 0 Å². The van der Waals surface area contributed by atoms with Crippen molar-refractivity contribution >= 4 is 38.9 Å². The van der Waals surface area contributed by atoms with Gasteiger partial charge in [-0.1, -0.05) is 24.3 Å². The first-order chi connectivity index (χ1) is 12.2. The van der Waals surface area contributed by atoms with Crippen LogP contribution in [-0.4, -0.2) is 13.0 Å². The zero-order valence-corrected chi connectivity index (χ0v) is 15.2. The minimum absolute atomic E-state index is 0.155. The first kappa shape index (κ1) is 17.0. The average Bonchev–Trinajstić information content (AvgIpc) is 2.64. The number of halogens is 1. The second-order valence-electron chi connectivity index (χ2n) is 5.34. The molecule has 0 saturated heterocycles. The molecule has 0 bridgehead atoms. The van der Waals surface area contributed by atoms with Gasteiger partial charge in [0.15, 0.2) is 0 Å². The maximum Gasteiger partial charge on any atom is 0.256 e. The Kier molecular flexibility index (Phi) is 5.36. The molecule has 0 radical (unpaired) electrons. The number of para-hydroxylation sites is 2. The third-order valence-corrected chi connectivity index (χ3v) is 4.34.